The molecule has 0 bridgehead atoms. The average Bonchev–Trinajstić information content (AvgIpc) is 3.18. The molecule has 0 saturated heterocycles. The van der Waals surface area contributed by atoms with Gasteiger partial charge >= 0.3 is 0 Å². The molecule has 0 aliphatic rings. The van der Waals surface area contributed by atoms with E-state index >= 15 is 0 Å². The van der Waals surface area contributed by atoms with Gasteiger partial charge in [0.25, 0.3) is 0 Å². The molecule has 50 heavy (non-hydrogen) atoms. The standard InChI is InChI=1S/C48H40N2/c1-37(17-12-13-31-49-47-26-8-4-9-27-47)40-20-14-21-41(34-40)42-22-15-23-43(35-42)44-24-16-25-45(36-44)46(30-32-50-48-28-10-5-11-29-48)33-38(2)39-18-6-3-7-19-39/h3-36,49-50H,1-2H2/b17-12-,31-13-,32-30?,46-33+. The van der Waals surface area contributed by atoms with Crippen molar-refractivity contribution in [3.8, 4) is 22.3 Å². The maximum atomic E-state index is 4.39. The van der Waals surface area contributed by atoms with Gasteiger partial charge in [-0.2, -0.15) is 0 Å². The Labute approximate surface area is 296 Å². The van der Waals surface area contributed by atoms with Crippen LogP contribution in [-0.4, -0.2) is 0 Å². The molecule has 6 rings (SSSR count). The Morgan fingerprint density at radius 3 is 1.50 bits per heavy atom. The molecule has 0 unspecified atom stereocenters. The molecule has 0 amide bonds. The monoisotopic (exact) mass is 644 g/mol. The van der Waals surface area contributed by atoms with Gasteiger partial charge < -0.3 is 10.6 Å². The molecule has 0 aliphatic carbocycles. The van der Waals surface area contributed by atoms with Gasteiger partial charge in [0.15, 0.2) is 0 Å². The lowest BCUT2D eigenvalue weighted by molar-refractivity contribution is 1.54. The van der Waals surface area contributed by atoms with Crippen molar-refractivity contribution >= 4 is 28.1 Å². The number of hydrogen-bond donors (Lipinski definition) is 2. The third-order valence-corrected chi connectivity index (χ3v) is 8.25. The minimum Gasteiger partial charge on any atom is -0.362 e. The predicted octanol–water partition coefficient (Wildman–Crippen LogP) is 12.9. The van der Waals surface area contributed by atoms with Crippen LogP contribution in [0, 0.1) is 0 Å². The molecule has 2 heteroatoms. The molecule has 2 N–H and O–H groups in total. The second-order valence-electron chi connectivity index (χ2n) is 11.8. The summed E-state index contributed by atoms with van der Waals surface area (Å²) in [7, 11) is 0. The summed E-state index contributed by atoms with van der Waals surface area (Å²) in [5, 5.41) is 6.67. The van der Waals surface area contributed by atoms with Crippen LogP contribution < -0.4 is 10.6 Å². The minimum absolute atomic E-state index is 0.950. The van der Waals surface area contributed by atoms with E-state index < -0.39 is 0 Å². The highest BCUT2D eigenvalue weighted by molar-refractivity contribution is 5.88. The van der Waals surface area contributed by atoms with Crippen molar-refractivity contribution in [2.45, 2.75) is 0 Å². The second kappa shape index (κ2) is 17.0. The van der Waals surface area contributed by atoms with E-state index in [-0.39, 0.29) is 0 Å². The van der Waals surface area contributed by atoms with Gasteiger partial charge in [0.2, 0.25) is 0 Å². The van der Waals surface area contributed by atoms with Crippen molar-refractivity contribution in [1.29, 1.82) is 0 Å². The topological polar surface area (TPSA) is 24.1 Å². The number of para-hydroxylation sites is 2. The fourth-order valence-corrected chi connectivity index (χ4v) is 5.57. The molecule has 6 aromatic rings. The van der Waals surface area contributed by atoms with Crippen LogP contribution in [0.15, 0.2) is 220 Å². The van der Waals surface area contributed by atoms with E-state index in [2.05, 4.69) is 133 Å². The zero-order chi connectivity index (χ0) is 34.4. The van der Waals surface area contributed by atoms with E-state index in [0.717, 1.165) is 67.0 Å². The Morgan fingerprint density at radius 2 is 0.880 bits per heavy atom. The van der Waals surface area contributed by atoms with Crippen molar-refractivity contribution in [2.75, 3.05) is 10.6 Å². The fourth-order valence-electron chi connectivity index (χ4n) is 5.57. The molecular weight excluding hydrogens is 605 g/mol. The van der Waals surface area contributed by atoms with E-state index in [0.29, 0.717) is 0 Å². The van der Waals surface area contributed by atoms with E-state index in [1.54, 1.807) is 0 Å². The van der Waals surface area contributed by atoms with Gasteiger partial charge in [-0.1, -0.05) is 147 Å². The quantitative estimate of drug-likeness (QED) is 0.122. The molecule has 242 valence electrons. The normalized spacial score (nSPS) is 11.6. The molecule has 0 aliphatic heterocycles. The molecule has 0 radical (unpaired) electrons. The van der Waals surface area contributed by atoms with E-state index in [1.807, 2.05) is 97.4 Å². The molecule has 0 aromatic heterocycles. The maximum Gasteiger partial charge on any atom is 0.0379 e. The molecule has 0 fully saturated rings. The largest absolute Gasteiger partial charge is 0.362 e. The molecular formula is C48H40N2. The predicted molar refractivity (Wildman–Crippen MR) is 217 cm³/mol. The van der Waals surface area contributed by atoms with Crippen molar-refractivity contribution in [2.24, 2.45) is 0 Å². The van der Waals surface area contributed by atoms with E-state index in [4.69, 9.17) is 0 Å². The SMILES string of the molecule is C=C(/C=C\C=C/Nc1ccccc1)c1cccc(-c2cccc(-c3cccc(/C(C=CNc4ccccc4)=C/C(=C)c4ccccc4)c3)c2)c1. The summed E-state index contributed by atoms with van der Waals surface area (Å²) in [5.41, 5.74) is 12.9. The summed E-state index contributed by atoms with van der Waals surface area (Å²) < 4.78 is 0. The zero-order valence-electron chi connectivity index (χ0n) is 28.0. The minimum atomic E-state index is 0.950. The van der Waals surface area contributed by atoms with Crippen molar-refractivity contribution < 1.29 is 0 Å². The first-order chi connectivity index (χ1) is 24.6. The van der Waals surface area contributed by atoms with Crippen LogP contribution in [0.5, 0.6) is 0 Å². The molecule has 2 nitrogen and oxygen atoms in total. The van der Waals surface area contributed by atoms with Crippen LogP contribution in [-0.2, 0) is 0 Å². The average molecular weight is 645 g/mol. The number of allylic oxidation sites excluding steroid dienone is 8. The lowest BCUT2D eigenvalue weighted by Gasteiger charge is -2.11. The smallest absolute Gasteiger partial charge is 0.0379 e. The van der Waals surface area contributed by atoms with Crippen molar-refractivity contribution in [3.63, 3.8) is 0 Å². The van der Waals surface area contributed by atoms with Crippen molar-refractivity contribution in [1.82, 2.24) is 0 Å². The molecule has 0 heterocycles. The highest BCUT2D eigenvalue weighted by Crippen LogP contribution is 2.31. The lowest BCUT2D eigenvalue weighted by Crippen LogP contribution is -1.90. The third kappa shape index (κ3) is 9.25. The Morgan fingerprint density at radius 1 is 0.400 bits per heavy atom. The highest BCUT2D eigenvalue weighted by atomic mass is 14.8. The Hall–Kier alpha value is -6.64. The van der Waals surface area contributed by atoms with Crippen molar-refractivity contribution in [3.05, 3.63) is 236 Å². The van der Waals surface area contributed by atoms with Crippen LogP contribution in [0.3, 0.4) is 0 Å². The number of benzene rings is 6. The first-order valence-electron chi connectivity index (χ1n) is 16.7. The highest BCUT2D eigenvalue weighted by Gasteiger charge is 2.07. The molecule has 0 spiro atoms. The Bertz CT molecular complexity index is 2170. The fraction of sp³-hybridized carbons (Fsp3) is 0. The maximum absolute atomic E-state index is 4.39. The summed E-state index contributed by atoms with van der Waals surface area (Å²) in [6, 6.07) is 56.5. The lowest BCUT2D eigenvalue weighted by atomic mass is 9.94. The van der Waals surface area contributed by atoms with Crippen LogP contribution >= 0.6 is 0 Å². The van der Waals surface area contributed by atoms with E-state index in [1.165, 1.54) is 0 Å². The van der Waals surface area contributed by atoms with Gasteiger partial charge in [0.05, 0.1) is 0 Å². The van der Waals surface area contributed by atoms with Gasteiger partial charge in [-0.05, 0) is 116 Å². The first-order valence-corrected chi connectivity index (χ1v) is 16.7. The van der Waals surface area contributed by atoms with Crippen LogP contribution in [0.2, 0.25) is 0 Å². The second-order valence-corrected chi connectivity index (χ2v) is 11.8. The number of rotatable bonds is 13. The summed E-state index contributed by atoms with van der Waals surface area (Å²) >= 11 is 0. The Kier molecular flexibility index (Phi) is 11.3. The Balaban J connectivity index is 1.22. The molecule has 0 saturated carbocycles. The summed E-state index contributed by atoms with van der Waals surface area (Å²) in [6.45, 7) is 8.71. The zero-order valence-corrected chi connectivity index (χ0v) is 28.0. The summed E-state index contributed by atoms with van der Waals surface area (Å²) in [4.78, 5) is 0. The molecule has 6 aromatic carbocycles. The first kappa shape index (κ1) is 33.3. The van der Waals surface area contributed by atoms with Crippen LogP contribution in [0.1, 0.15) is 16.7 Å². The third-order valence-electron chi connectivity index (χ3n) is 8.25. The molecule has 0 atom stereocenters. The summed E-state index contributed by atoms with van der Waals surface area (Å²) in [5.74, 6) is 0. The van der Waals surface area contributed by atoms with Gasteiger partial charge in [-0.3, -0.25) is 0 Å². The summed E-state index contributed by atoms with van der Waals surface area (Å²) in [6.07, 6.45) is 14.2. The van der Waals surface area contributed by atoms with Gasteiger partial charge in [-0.25, -0.2) is 0 Å². The van der Waals surface area contributed by atoms with E-state index in [9.17, 15) is 0 Å². The van der Waals surface area contributed by atoms with Crippen LogP contribution in [0.25, 0.3) is 39.0 Å². The number of anilines is 2. The van der Waals surface area contributed by atoms with Crippen LogP contribution in [0.4, 0.5) is 11.4 Å². The number of nitrogens with one attached hydrogen (secondary N) is 2. The van der Waals surface area contributed by atoms with Gasteiger partial charge in [0.1, 0.15) is 0 Å². The number of hydrogen-bond acceptors (Lipinski definition) is 2. The van der Waals surface area contributed by atoms with Gasteiger partial charge in [0, 0.05) is 23.8 Å². The van der Waals surface area contributed by atoms with Gasteiger partial charge in [-0.15, -0.1) is 0 Å².